The number of fused-ring (bicyclic) bond motifs is 1. The average Bonchev–Trinajstić information content (AvgIpc) is 3.35. The molecule has 3 fully saturated rings. The Labute approximate surface area is 250 Å². The van der Waals surface area contributed by atoms with Crippen molar-refractivity contribution in [3.05, 3.63) is 77.7 Å². The van der Waals surface area contributed by atoms with Crippen LogP contribution in [0.25, 0.3) is 11.5 Å². The first kappa shape index (κ1) is 26.4. The fourth-order valence-electron chi connectivity index (χ4n) is 8.32. The number of imide groups is 1. The molecule has 1 saturated heterocycles. The second-order valence-electron chi connectivity index (χ2n) is 13.0. The Bertz CT molecular complexity index is 1640. The predicted octanol–water partition coefficient (Wildman–Crippen LogP) is 4.81. The molecule has 43 heavy (non-hydrogen) atoms. The summed E-state index contributed by atoms with van der Waals surface area (Å²) in [5.41, 5.74) is 2.99. The van der Waals surface area contributed by atoms with Crippen LogP contribution in [0.2, 0.25) is 0 Å². The molecule has 3 aromatic rings. The van der Waals surface area contributed by atoms with Gasteiger partial charge in [-0.15, -0.1) is 10.2 Å². The van der Waals surface area contributed by atoms with Crippen LogP contribution in [-0.2, 0) is 11.3 Å². The molecule has 4 atom stereocenters. The van der Waals surface area contributed by atoms with E-state index in [-0.39, 0.29) is 30.2 Å². The number of aromatic nitrogens is 2. The Morgan fingerprint density at radius 3 is 2.67 bits per heavy atom. The van der Waals surface area contributed by atoms with Crippen molar-refractivity contribution in [3.63, 3.8) is 0 Å². The minimum Gasteiger partial charge on any atom is -0.419 e. The lowest BCUT2D eigenvalue weighted by molar-refractivity contribution is -0.135. The van der Waals surface area contributed by atoms with Crippen molar-refractivity contribution in [2.24, 2.45) is 29.1 Å². The van der Waals surface area contributed by atoms with E-state index < -0.39 is 0 Å². The first-order valence-corrected chi connectivity index (χ1v) is 15.5. The zero-order chi connectivity index (χ0) is 29.3. The molecule has 2 bridgehead atoms. The molecular formula is C34H35N5O4. The van der Waals surface area contributed by atoms with E-state index in [1.54, 1.807) is 18.0 Å². The monoisotopic (exact) mass is 577 g/mol. The van der Waals surface area contributed by atoms with Crippen LogP contribution in [0.5, 0.6) is 0 Å². The average molecular weight is 578 g/mol. The standard InChI is InChI=1S/C34H35N5O4/c1-37(20-28-35-36-30(43-28)21-7-3-2-4-8-21)31(40)22-9-6-16-38(18-22)27-11-5-10-25-29(27)33(42)39(32(25)41)19-23-17-24-12-13-26(23)34(24)14-15-34/h2-5,7-8,10-13,22-24,26H,6,9,14-20H2,1H3/t22-,23+,24+,26+/m0/s1. The largest absolute Gasteiger partial charge is 0.419 e. The van der Waals surface area contributed by atoms with Crippen molar-refractivity contribution in [3.8, 4) is 11.5 Å². The van der Waals surface area contributed by atoms with E-state index in [0.29, 0.717) is 59.2 Å². The normalized spacial score (nSPS) is 26.4. The number of anilines is 1. The minimum absolute atomic E-state index is 0.000821. The summed E-state index contributed by atoms with van der Waals surface area (Å²) in [5, 5.41) is 8.29. The number of carbonyl (C=O) groups excluding carboxylic acids is 3. The molecule has 9 nitrogen and oxygen atoms in total. The molecule has 220 valence electrons. The van der Waals surface area contributed by atoms with Gasteiger partial charge >= 0.3 is 0 Å². The van der Waals surface area contributed by atoms with Crippen molar-refractivity contribution in [2.75, 3.05) is 31.6 Å². The summed E-state index contributed by atoms with van der Waals surface area (Å²) in [5.74, 6) is 1.63. The number of allylic oxidation sites excluding steroid dienone is 2. The van der Waals surface area contributed by atoms with Crippen LogP contribution in [0.4, 0.5) is 5.69 Å². The number of hydrogen-bond acceptors (Lipinski definition) is 7. The lowest BCUT2D eigenvalue weighted by Crippen LogP contribution is -2.44. The molecule has 3 amide bonds. The van der Waals surface area contributed by atoms with Crippen LogP contribution in [-0.4, -0.2) is 64.4 Å². The molecule has 2 saturated carbocycles. The van der Waals surface area contributed by atoms with E-state index in [4.69, 9.17) is 4.42 Å². The number of carbonyl (C=O) groups is 3. The highest BCUT2D eigenvalue weighted by atomic mass is 16.4. The Kier molecular flexibility index (Phi) is 6.07. The molecule has 1 spiro atoms. The lowest BCUT2D eigenvalue weighted by Gasteiger charge is -2.36. The maximum atomic E-state index is 13.8. The van der Waals surface area contributed by atoms with E-state index in [1.807, 2.05) is 42.5 Å². The lowest BCUT2D eigenvalue weighted by atomic mass is 9.88. The van der Waals surface area contributed by atoms with Crippen LogP contribution in [0.15, 0.2) is 65.1 Å². The molecule has 1 aromatic heterocycles. The first-order valence-electron chi connectivity index (χ1n) is 15.5. The molecule has 3 heterocycles. The third kappa shape index (κ3) is 4.23. The Balaban J connectivity index is 0.957. The number of hydrogen-bond donors (Lipinski definition) is 0. The fraction of sp³-hybridized carbons (Fsp3) is 0.441. The van der Waals surface area contributed by atoms with Crippen molar-refractivity contribution >= 4 is 23.4 Å². The summed E-state index contributed by atoms with van der Waals surface area (Å²) >= 11 is 0. The van der Waals surface area contributed by atoms with Gasteiger partial charge in [0.2, 0.25) is 17.7 Å². The van der Waals surface area contributed by atoms with E-state index >= 15 is 0 Å². The molecule has 3 aliphatic carbocycles. The van der Waals surface area contributed by atoms with Crippen molar-refractivity contribution < 1.29 is 18.8 Å². The van der Waals surface area contributed by atoms with E-state index in [1.165, 1.54) is 17.7 Å². The number of benzene rings is 2. The number of piperidine rings is 1. The van der Waals surface area contributed by atoms with Gasteiger partial charge in [-0.2, -0.15) is 0 Å². The highest BCUT2D eigenvalue weighted by molar-refractivity contribution is 6.23. The molecule has 2 aromatic carbocycles. The Morgan fingerprint density at radius 2 is 1.88 bits per heavy atom. The third-order valence-corrected chi connectivity index (χ3v) is 10.6. The molecule has 5 aliphatic rings. The maximum Gasteiger partial charge on any atom is 0.263 e. The molecule has 8 rings (SSSR count). The van der Waals surface area contributed by atoms with Crippen molar-refractivity contribution in [1.82, 2.24) is 20.0 Å². The summed E-state index contributed by atoms with van der Waals surface area (Å²) in [6, 6.07) is 15.1. The number of nitrogens with zero attached hydrogens (tertiary/aromatic N) is 5. The highest BCUT2D eigenvalue weighted by Crippen LogP contribution is 2.70. The van der Waals surface area contributed by atoms with Gasteiger partial charge in [-0.1, -0.05) is 36.4 Å². The van der Waals surface area contributed by atoms with Crippen molar-refractivity contribution in [1.29, 1.82) is 0 Å². The summed E-state index contributed by atoms with van der Waals surface area (Å²) in [7, 11) is 1.75. The van der Waals surface area contributed by atoms with Gasteiger partial charge in [0, 0.05) is 32.2 Å². The Morgan fingerprint density at radius 1 is 1.05 bits per heavy atom. The quantitative estimate of drug-likeness (QED) is 0.294. The molecule has 9 heteroatoms. The molecular weight excluding hydrogens is 542 g/mol. The van der Waals surface area contributed by atoms with Crippen LogP contribution < -0.4 is 4.90 Å². The third-order valence-electron chi connectivity index (χ3n) is 10.6. The fourth-order valence-corrected chi connectivity index (χ4v) is 8.32. The number of rotatable bonds is 7. The van der Waals surface area contributed by atoms with Gasteiger partial charge in [0.25, 0.3) is 11.8 Å². The second-order valence-corrected chi connectivity index (χ2v) is 13.0. The van der Waals surface area contributed by atoms with Gasteiger partial charge in [-0.05, 0) is 79.5 Å². The molecule has 0 radical (unpaired) electrons. The summed E-state index contributed by atoms with van der Waals surface area (Å²) in [4.78, 5) is 46.2. The zero-order valence-corrected chi connectivity index (χ0v) is 24.3. The van der Waals surface area contributed by atoms with Crippen LogP contribution >= 0.6 is 0 Å². The van der Waals surface area contributed by atoms with E-state index in [0.717, 1.165) is 37.1 Å². The van der Waals surface area contributed by atoms with Crippen LogP contribution in [0, 0.1) is 29.1 Å². The van der Waals surface area contributed by atoms with E-state index in [2.05, 4.69) is 27.2 Å². The first-order chi connectivity index (χ1) is 20.9. The van der Waals surface area contributed by atoms with Crippen LogP contribution in [0.3, 0.4) is 0 Å². The van der Waals surface area contributed by atoms with Crippen LogP contribution in [0.1, 0.15) is 58.7 Å². The summed E-state index contributed by atoms with van der Waals surface area (Å²) in [6.07, 6.45) is 9.89. The van der Waals surface area contributed by atoms with Gasteiger partial charge < -0.3 is 14.2 Å². The molecule has 0 unspecified atom stereocenters. The number of amides is 3. The van der Waals surface area contributed by atoms with Gasteiger partial charge in [0.05, 0.1) is 29.3 Å². The smallest absolute Gasteiger partial charge is 0.263 e. The highest BCUT2D eigenvalue weighted by Gasteiger charge is 2.63. The summed E-state index contributed by atoms with van der Waals surface area (Å²) < 4.78 is 5.82. The zero-order valence-electron chi connectivity index (χ0n) is 24.3. The predicted molar refractivity (Wildman–Crippen MR) is 159 cm³/mol. The minimum atomic E-state index is -0.245. The van der Waals surface area contributed by atoms with Crippen molar-refractivity contribution in [2.45, 2.75) is 38.6 Å². The maximum absolute atomic E-state index is 13.8. The van der Waals surface area contributed by atoms with E-state index in [9.17, 15) is 14.4 Å². The Hall–Kier alpha value is -4.27. The molecule has 0 N–H and O–H groups in total. The van der Waals surface area contributed by atoms with Gasteiger partial charge in [-0.3, -0.25) is 19.3 Å². The molecule has 2 aliphatic heterocycles. The summed E-state index contributed by atoms with van der Waals surface area (Å²) in [6.45, 7) is 1.93. The topological polar surface area (TPSA) is 99.8 Å². The SMILES string of the molecule is CN(Cc1nnc(-c2ccccc2)o1)C(=O)[C@H]1CCCN(c2cccc3c2C(=O)N(C[C@H]2C[C@H]4C=C[C@H]2C42CC2)C3=O)C1. The van der Waals surface area contributed by atoms with Gasteiger partial charge in [-0.25, -0.2) is 0 Å². The van der Waals surface area contributed by atoms with Gasteiger partial charge in [0.1, 0.15) is 0 Å². The van der Waals surface area contributed by atoms with Gasteiger partial charge in [0.15, 0.2) is 0 Å². The second kappa shape index (κ2) is 9.89.